The molecule has 2 aromatic rings. The van der Waals surface area contributed by atoms with Gasteiger partial charge in [-0.1, -0.05) is 15.9 Å². The highest BCUT2D eigenvalue weighted by molar-refractivity contribution is 9.10. The Hall–Kier alpha value is -0.910. The van der Waals surface area contributed by atoms with E-state index in [1.54, 1.807) is 0 Å². The Morgan fingerprint density at radius 3 is 3.07 bits per heavy atom. The van der Waals surface area contributed by atoms with Crippen LogP contribution in [0.1, 0.15) is 18.4 Å². The summed E-state index contributed by atoms with van der Waals surface area (Å²) in [5.41, 5.74) is 6.75. The maximum Gasteiger partial charge on any atom is 0.224 e. The molecule has 4 nitrogen and oxygen atoms in total. The topological polar surface area (TPSA) is 72.3 Å². The van der Waals surface area contributed by atoms with E-state index in [-0.39, 0.29) is 0 Å². The fourth-order valence-corrected chi connectivity index (χ4v) is 1.69. The van der Waals surface area contributed by atoms with Gasteiger partial charge < -0.3 is 15.3 Å². The van der Waals surface area contributed by atoms with E-state index < -0.39 is 6.10 Å². The van der Waals surface area contributed by atoms with Crippen LogP contribution in [-0.2, 0) is 0 Å². The Labute approximate surface area is 95.2 Å². The molecule has 5 heteroatoms. The van der Waals surface area contributed by atoms with Crippen molar-refractivity contribution in [3.63, 3.8) is 0 Å². The van der Waals surface area contributed by atoms with E-state index in [4.69, 9.17) is 10.2 Å². The lowest BCUT2D eigenvalue weighted by molar-refractivity contribution is 0.139. The number of aliphatic hydroxyl groups excluding tert-OH is 1. The Morgan fingerprint density at radius 1 is 1.53 bits per heavy atom. The first-order valence-corrected chi connectivity index (χ1v) is 5.44. The number of halogens is 1. The molecule has 3 N–H and O–H groups in total. The first kappa shape index (κ1) is 10.6. The molecule has 0 aliphatic rings. The largest absolute Gasteiger partial charge is 0.438 e. The molecule has 0 aliphatic carbocycles. The fourth-order valence-electron chi connectivity index (χ4n) is 1.34. The van der Waals surface area contributed by atoms with Crippen molar-refractivity contribution in [2.45, 2.75) is 12.5 Å². The molecule has 0 bridgehead atoms. The van der Waals surface area contributed by atoms with E-state index in [0.29, 0.717) is 24.4 Å². The van der Waals surface area contributed by atoms with E-state index in [0.717, 1.165) is 9.99 Å². The number of oxazole rings is 1. The lowest BCUT2D eigenvalue weighted by Gasteiger charge is -2.01. The number of aromatic nitrogens is 1. The second kappa shape index (κ2) is 4.30. The third-order valence-electron chi connectivity index (χ3n) is 2.09. The number of benzene rings is 1. The number of nitrogens with zero attached hydrogens (tertiary/aromatic N) is 1. The van der Waals surface area contributed by atoms with Crippen molar-refractivity contribution >= 4 is 27.0 Å². The number of aliphatic hydroxyl groups is 1. The molecule has 1 aromatic carbocycles. The Morgan fingerprint density at radius 2 is 2.33 bits per heavy atom. The molecule has 15 heavy (non-hydrogen) atoms. The van der Waals surface area contributed by atoms with Crippen LogP contribution in [0.15, 0.2) is 27.1 Å². The summed E-state index contributed by atoms with van der Waals surface area (Å²) >= 11 is 3.35. The van der Waals surface area contributed by atoms with Crippen LogP contribution in [0.3, 0.4) is 0 Å². The number of nitrogens with two attached hydrogens (primary N) is 1. The van der Waals surface area contributed by atoms with Gasteiger partial charge in [-0.2, -0.15) is 0 Å². The summed E-state index contributed by atoms with van der Waals surface area (Å²) in [6.45, 7) is 0.406. The van der Waals surface area contributed by atoms with Gasteiger partial charge >= 0.3 is 0 Å². The molecule has 0 spiro atoms. The van der Waals surface area contributed by atoms with Crippen LogP contribution in [0.5, 0.6) is 0 Å². The Bertz CT molecular complexity index is 469. The normalized spacial score (nSPS) is 13.3. The molecular weight excluding hydrogens is 260 g/mol. The Kier molecular flexibility index (Phi) is 3.04. The molecule has 0 saturated carbocycles. The predicted molar refractivity (Wildman–Crippen MR) is 60.3 cm³/mol. The maximum atomic E-state index is 9.64. The minimum absolute atomic E-state index is 0.327. The van der Waals surface area contributed by atoms with Gasteiger partial charge in [0, 0.05) is 4.47 Å². The van der Waals surface area contributed by atoms with E-state index in [9.17, 15) is 5.11 Å². The minimum Gasteiger partial charge on any atom is -0.438 e. The summed E-state index contributed by atoms with van der Waals surface area (Å²) < 4.78 is 6.33. The molecule has 0 amide bonds. The van der Waals surface area contributed by atoms with Crippen molar-refractivity contribution in [1.29, 1.82) is 0 Å². The second-order valence-corrected chi connectivity index (χ2v) is 4.17. The standard InChI is InChI=1S/C10H11BrN2O2/c11-6-1-2-9-7(5-6)13-10(15-9)8(14)3-4-12/h1-2,5,8,14H,3-4,12H2. The van der Waals surface area contributed by atoms with Gasteiger partial charge in [-0.05, 0) is 31.2 Å². The summed E-state index contributed by atoms with van der Waals surface area (Å²) in [7, 11) is 0. The SMILES string of the molecule is NCCC(O)c1nc2cc(Br)ccc2o1. The van der Waals surface area contributed by atoms with Gasteiger partial charge in [0.05, 0.1) is 0 Å². The van der Waals surface area contributed by atoms with Gasteiger partial charge in [-0.3, -0.25) is 0 Å². The quantitative estimate of drug-likeness (QED) is 0.895. The first-order valence-electron chi connectivity index (χ1n) is 4.65. The predicted octanol–water partition coefficient (Wildman–Crippen LogP) is 1.97. The summed E-state index contributed by atoms with van der Waals surface area (Å²) in [6.07, 6.45) is -0.269. The van der Waals surface area contributed by atoms with Gasteiger partial charge in [-0.25, -0.2) is 4.98 Å². The number of hydrogen-bond acceptors (Lipinski definition) is 4. The van der Waals surface area contributed by atoms with E-state index in [2.05, 4.69) is 20.9 Å². The highest BCUT2D eigenvalue weighted by atomic mass is 79.9. The molecule has 0 aliphatic heterocycles. The van der Waals surface area contributed by atoms with Gasteiger partial charge in [0.25, 0.3) is 0 Å². The van der Waals surface area contributed by atoms with Crippen LogP contribution >= 0.6 is 15.9 Å². The van der Waals surface area contributed by atoms with E-state index in [1.807, 2.05) is 18.2 Å². The zero-order valence-corrected chi connectivity index (χ0v) is 9.57. The summed E-state index contributed by atoms with van der Waals surface area (Å²) in [5, 5.41) is 9.64. The highest BCUT2D eigenvalue weighted by Crippen LogP contribution is 2.24. The lowest BCUT2D eigenvalue weighted by atomic mass is 10.2. The second-order valence-electron chi connectivity index (χ2n) is 3.26. The molecule has 1 atom stereocenters. The monoisotopic (exact) mass is 270 g/mol. The van der Waals surface area contributed by atoms with E-state index >= 15 is 0 Å². The van der Waals surface area contributed by atoms with Gasteiger partial charge in [-0.15, -0.1) is 0 Å². The molecule has 0 fully saturated rings. The van der Waals surface area contributed by atoms with Gasteiger partial charge in [0.1, 0.15) is 11.6 Å². The molecule has 1 unspecified atom stereocenters. The van der Waals surface area contributed by atoms with Crippen molar-refractivity contribution < 1.29 is 9.52 Å². The van der Waals surface area contributed by atoms with Gasteiger partial charge in [0.2, 0.25) is 5.89 Å². The number of fused-ring (bicyclic) bond motifs is 1. The molecular formula is C10H11BrN2O2. The first-order chi connectivity index (χ1) is 7.20. The Balaban J connectivity index is 2.38. The molecule has 0 saturated heterocycles. The van der Waals surface area contributed by atoms with Crippen molar-refractivity contribution in [3.05, 3.63) is 28.6 Å². The molecule has 1 aromatic heterocycles. The van der Waals surface area contributed by atoms with Crippen LogP contribution in [0.25, 0.3) is 11.1 Å². The van der Waals surface area contributed by atoms with Crippen LogP contribution in [0.4, 0.5) is 0 Å². The molecule has 2 rings (SSSR count). The lowest BCUT2D eigenvalue weighted by Crippen LogP contribution is -2.06. The zero-order valence-electron chi connectivity index (χ0n) is 7.98. The summed E-state index contributed by atoms with van der Waals surface area (Å²) in [5.74, 6) is 0.327. The van der Waals surface area contributed by atoms with Crippen molar-refractivity contribution in [2.75, 3.05) is 6.54 Å². The van der Waals surface area contributed by atoms with Crippen molar-refractivity contribution in [1.82, 2.24) is 4.98 Å². The number of hydrogen-bond donors (Lipinski definition) is 2. The van der Waals surface area contributed by atoms with Crippen molar-refractivity contribution in [2.24, 2.45) is 5.73 Å². The third kappa shape index (κ3) is 2.19. The maximum absolute atomic E-state index is 9.64. The third-order valence-corrected chi connectivity index (χ3v) is 2.58. The van der Waals surface area contributed by atoms with E-state index in [1.165, 1.54) is 0 Å². The van der Waals surface area contributed by atoms with Crippen LogP contribution in [0, 0.1) is 0 Å². The minimum atomic E-state index is -0.721. The van der Waals surface area contributed by atoms with Crippen LogP contribution < -0.4 is 5.73 Å². The average molecular weight is 271 g/mol. The average Bonchev–Trinajstić information content (AvgIpc) is 2.60. The summed E-state index contributed by atoms with van der Waals surface area (Å²) in [4.78, 5) is 4.19. The smallest absolute Gasteiger partial charge is 0.224 e. The summed E-state index contributed by atoms with van der Waals surface area (Å²) in [6, 6.07) is 5.52. The molecule has 1 heterocycles. The zero-order chi connectivity index (χ0) is 10.8. The molecule has 0 radical (unpaired) electrons. The van der Waals surface area contributed by atoms with Crippen molar-refractivity contribution in [3.8, 4) is 0 Å². The van der Waals surface area contributed by atoms with Crippen LogP contribution in [0.2, 0.25) is 0 Å². The molecule has 80 valence electrons. The van der Waals surface area contributed by atoms with Crippen LogP contribution in [-0.4, -0.2) is 16.6 Å². The van der Waals surface area contributed by atoms with Gasteiger partial charge in [0.15, 0.2) is 5.58 Å². The number of rotatable bonds is 3. The fraction of sp³-hybridized carbons (Fsp3) is 0.300. The highest BCUT2D eigenvalue weighted by Gasteiger charge is 2.14.